The van der Waals surface area contributed by atoms with Crippen molar-refractivity contribution in [1.82, 2.24) is 10.6 Å². The fourth-order valence-corrected chi connectivity index (χ4v) is 1.39. The summed E-state index contributed by atoms with van der Waals surface area (Å²) in [6, 6.07) is 3.75. The largest absolute Gasteiger partial charge is 0.468 e. The first-order chi connectivity index (χ1) is 8.24. The monoisotopic (exact) mass is 240 g/mol. The molecular formula is C12H20N2O3. The van der Waals surface area contributed by atoms with E-state index in [9.17, 15) is 4.79 Å². The smallest absolute Gasteiger partial charge is 0.233 e. The number of furan rings is 1. The van der Waals surface area contributed by atoms with E-state index in [0.717, 1.165) is 12.2 Å². The Labute approximate surface area is 102 Å². The standard InChI is InChI=1S/C12H20N2O3/c1-10(11-5-3-8-17-11)14-9-12(15)13-6-4-7-16-2/h3,5,8,10,14H,4,6-7,9H2,1-2H3,(H,13,15). The maximum atomic E-state index is 11.4. The van der Waals surface area contributed by atoms with E-state index in [4.69, 9.17) is 9.15 Å². The third kappa shape index (κ3) is 5.51. The van der Waals surface area contributed by atoms with Crippen molar-refractivity contribution < 1.29 is 13.9 Å². The molecule has 1 aromatic heterocycles. The average Bonchev–Trinajstić information content (AvgIpc) is 2.85. The lowest BCUT2D eigenvalue weighted by Crippen LogP contribution is -2.35. The van der Waals surface area contributed by atoms with Crippen LogP contribution in [0, 0.1) is 0 Å². The SMILES string of the molecule is COCCCNC(=O)CNC(C)c1ccco1. The minimum atomic E-state index is -0.0143. The van der Waals surface area contributed by atoms with Crippen LogP contribution in [0.2, 0.25) is 0 Å². The molecule has 0 fully saturated rings. The molecule has 1 amide bonds. The van der Waals surface area contributed by atoms with Crippen molar-refractivity contribution in [2.24, 2.45) is 0 Å². The van der Waals surface area contributed by atoms with Crippen LogP contribution in [0.15, 0.2) is 22.8 Å². The molecule has 5 nitrogen and oxygen atoms in total. The normalized spacial score (nSPS) is 12.4. The number of amides is 1. The molecule has 0 radical (unpaired) electrons. The van der Waals surface area contributed by atoms with Gasteiger partial charge < -0.3 is 14.5 Å². The Balaban J connectivity index is 2.11. The van der Waals surface area contributed by atoms with Crippen LogP contribution in [0.4, 0.5) is 0 Å². The second-order valence-corrected chi connectivity index (χ2v) is 3.81. The summed E-state index contributed by atoms with van der Waals surface area (Å²) in [6.45, 7) is 3.55. The van der Waals surface area contributed by atoms with Crippen LogP contribution in [0.25, 0.3) is 0 Å². The van der Waals surface area contributed by atoms with Gasteiger partial charge in [-0.05, 0) is 25.5 Å². The maximum absolute atomic E-state index is 11.4. The molecule has 17 heavy (non-hydrogen) atoms. The number of nitrogens with one attached hydrogen (secondary N) is 2. The van der Waals surface area contributed by atoms with Crippen molar-refractivity contribution in [2.75, 3.05) is 26.8 Å². The van der Waals surface area contributed by atoms with Crippen LogP contribution >= 0.6 is 0 Å². The van der Waals surface area contributed by atoms with E-state index in [1.54, 1.807) is 13.4 Å². The highest BCUT2D eigenvalue weighted by Crippen LogP contribution is 2.11. The van der Waals surface area contributed by atoms with Gasteiger partial charge in [-0.25, -0.2) is 0 Å². The van der Waals surface area contributed by atoms with Crippen LogP contribution in [-0.4, -0.2) is 32.7 Å². The molecule has 0 aromatic carbocycles. The minimum Gasteiger partial charge on any atom is -0.468 e. The summed E-state index contributed by atoms with van der Waals surface area (Å²) in [5, 5.41) is 5.89. The van der Waals surface area contributed by atoms with Crippen LogP contribution in [0.5, 0.6) is 0 Å². The van der Waals surface area contributed by atoms with E-state index in [1.165, 1.54) is 0 Å². The van der Waals surface area contributed by atoms with Crippen molar-refractivity contribution in [3.8, 4) is 0 Å². The van der Waals surface area contributed by atoms with Gasteiger partial charge in [0.15, 0.2) is 0 Å². The van der Waals surface area contributed by atoms with Crippen molar-refractivity contribution in [1.29, 1.82) is 0 Å². The molecule has 1 rings (SSSR count). The summed E-state index contributed by atoms with van der Waals surface area (Å²) in [5.74, 6) is 0.816. The second-order valence-electron chi connectivity index (χ2n) is 3.81. The highest BCUT2D eigenvalue weighted by molar-refractivity contribution is 5.77. The molecule has 0 aliphatic carbocycles. The van der Waals surface area contributed by atoms with Crippen LogP contribution in [0.1, 0.15) is 25.1 Å². The predicted octanol–water partition coefficient (Wildman–Crippen LogP) is 1.08. The highest BCUT2D eigenvalue weighted by atomic mass is 16.5. The van der Waals surface area contributed by atoms with Gasteiger partial charge in [0.2, 0.25) is 5.91 Å². The van der Waals surface area contributed by atoms with Crippen LogP contribution in [-0.2, 0) is 9.53 Å². The van der Waals surface area contributed by atoms with Gasteiger partial charge in [-0.15, -0.1) is 0 Å². The lowest BCUT2D eigenvalue weighted by molar-refractivity contribution is -0.120. The molecule has 5 heteroatoms. The van der Waals surface area contributed by atoms with E-state index in [1.807, 2.05) is 19.1 Å². The fourth-order valence-electron chi connectivity index (χ4n) is 1.39. The number of hydrogen-bond donors (Lipinski definition) is 2. The van der Waals surface area contributed by atoms with Gasteiger partial charge in [0.25, 0.3) is 0 Å². The molecule has 2 N–H and O–H groups in total. The third-order valence-electron chi connectivity index (χ3n) is 2.39. The fraction of sp³-hybridized carbons (Fsp3) is 0.583. The molecule has 0 spiro atoms. The Hall–Kier alpha value is -1.33. The quantitative estimate of drug-likeness (QED) is 0.667. The molecule has 0 aliphatic heterocycles. The zero-order valence-electron chi connectivity index (χ0n) is 10.4. The molecule has 1 unspecified atom stereocenters. The van der Waals surface area contributed by atoms with E-state index in [2.05, 4.69) is 10.6 Å². The lowest BCUT2D eigenvalue weighted by atomic mass is 10.2. The summed E-state index contributed by atoms with van der Waals surface area (Å²) in [7, 11) is 1.65. The Kier molecular flexibility index (Phi) is 6.35. The van der Waals surface area contributed by atoms with Crippen molar-refractivity contribution in [3.63, 3.8) is 0 Å². The summed E-state index contributed by atoms with van der Waals surface area (Å²) >= 11 is 0. The summed E-state index contributed by atoms with van der Waals surface area (Å²) < 4.78 is 10.1. The summed E-state index contributed by atoms with van der Waals surface area (Å²) in [4.78, 5) is 11.4. The number of carbonyl (C=O) groups is 1. The van der Waals surface area contributed by atoms with Crippen molar-refractivity contribution in [2.45, 2.75) is 19.4 Å². The Bertz CT molecular complexity index is 312. The molecule has 0 saturated carbocycles. The molecule has 0 bridgehead atoms. The number of rotatable bonds is 8. The molecular weight excluding hydrogens is 220 g/mol. The molecule has 96 valence electrons. The van der Waals surface area contributed by atoms with Crippen molar-refractivity contribution >= 4 is 5.91 Å². The first-order valence-corrected chi connectivity index (χ1v) is 5.76. The van der Waals surface area contributed by atoms with E-state index in [-0.39, 0.29) is 18.5 Å². The Morgan fingerprint density at radius 2 is 2.41 bits per heavy atom. The zero-order chi connectivity index (χ0) is 12.5. The minimum absolute atomic E-state index is 0.0143. The third-order valence-corrected chi connectivity index (χ3v) is 2.39. The van der Waals surface area contributed by atoms with Gasteiger partial charge in [-0.1, -0.05) is 0 Å². The number of ether oxygens (including phenoxy) is 1. The number of methoxy groups -OCH3 is 1. The molecule has 0 aliphatic rings. The molecule has 1 heterocycles. The molecule has 1 atom stereocenters. The van der Waals surface area contributed by atoms with E-state index in [0.29, 0.717) is 13.2 Å². The van der Waals surface area contributed by atoms with E-state index >= 15 is 0 Å². The van der Waals surface area contributed by atoms with Gasteiger partial charge in [-0.3, -0.25) is 10.1 Å². The molecule has 0 saturated heterocycles. The second kappa shape index (κ2) is 7.86. The van der Waals surface area contributed by atoms with Crippen LogP contribution in [0.3, 0.4) is 0 Å². The van der Waals surface area contributed by atoms with Gasteiger partial charge >= 0.3 is 0 Å². The van der Waals surface area contributed by atoms with Gasteiger partial charge in [0.1, 0.15) is 5.76 Å². The summed E-state index contributed by atoms with van der Waals surface area (Å²) in [6.07, 6.45) is 2.45. The predicted molar refractivity (Wildman–Crippen MR) is 64.6 cm³/mol. The first-order valence-electron chi connectivity index (χ1n) is 5.76. The summed E-state index contributed by atoms with van der Waals surface area (Å²) in [5.41, 5.74) is 0. The Morgan fingerprint density at radius 1 is 1.59 bits per heavy atom. The highest BCUT2D eigenvalue weighted by Gasteiger charge is 2.09. The maximum Gasteiger partial charge on any atom is 0.233 e. The van der Waals surface area contributed by atoms with Gasteiger partial charge in [0.05, 0.1) is 18.8 Å². The van der Waals surface area contributed by atoms with Crippen molar-refractivity contribution in [3.05, 3.63) is 24.2 Å². The number of carbonyl (C=O) groups excluding carboxylic acids is 1. The van der Waals surface area contributed by atoms with Crippen LogP contribution < -0.4 is 10.6 Å². The van der Waals surface area contributed by atoms with Gasteiger partial charge in [0, 0.05) is 20.3 Å². The molecule has 1 aromatic rings. The average molecular weight is 240 g/mol. The van der Waals surface area contributed by atoms with E-state index < -0.39 is 0 Å². The lowest BCUT2D eigenvalue weighted by Gasteiger charge is -2.11. The zero-order valence-corrected chi connectivity index (χ0v) is 10.4. The topological polar surface area (TPSA) is 63.5 Å². The Morgan fingerprint density at radius 3 is 3.06 bits per heavy atom. The first kappa shape index (κ1) is 13.7. The number of hydrogen-bond acceptors (Lipinski definition) is 4. The van der Waals surface area contributed by atoms with Gasteiger partial charge in [-0.2, -0.15) is 0 Å².